The lowest BCUT2D eigenvalue weighted by Crippen LogP contribution is -2.26. The van der Waals surface area contributed by atoms with E-state index < -0.39 is 5.25 Å². The zero-order chi connectivity index (χ0) is 18.7. The Bertz CT molecular complexity index is 862. The molecule has 3 rings (SSSR count). The highest BCUT2D eigenvalue weighted by molar-refractivity contribution is 8.15. The van der Waals surface area contributed by atoms with Crippen molar-refractivity contribution in [3.63, 3.8) is 0 Å². The average molecular weight is 368 g/mol. The maximum absolute atomic E-state index is 12.6. The molecule has 1 fully saturated rings. The Labute approximate surface area is 156 Å². The number of thioether (sulfide) groups is 1. The first-order chi connectivity index (χ1) is 12.4. The molecule has 1 unspecified atom stereocenters. The summed E-state index contributed by atoms with van der Waals surface area (Å²) in [5.41, 5.74) is 4.53. The first kappa shape index (κ1) is 18.2. The lowest BCUT2D eigenvalue weighted by Gasteiger charge is -2.11. The molecule has 134 valence electrons. The fourth-order valence-corrected chi connectivity index (χ4v) is 3.63. The van der Waals surface area contributed by atoms with E-state index in [0.717, 1.165) is 28.5 Å². The van der Waals surface area contributed by atoms with E-state index in [1.54, 1.807) is 6.07 Å². The van der Waals surface area contributed by atoms with Crippen molar-refractivity contribution in [1.82, 2.24) is 10.6 Å². The first-order valence-electron chi connectivity index (χ1n) is 8.37. The van der Waals surface area contributed by atoms with Gasteiger partial charge in [-0.2, -0.15) is 0 Å². The highest BCUT2D eigenvalue weighted by Crippen LogP contribution is 2.24. The molecule has 1 aliphatic heterocycles. The summed E-state index contributed by atoms with van der Waals surface area (Å²) in [5.74, 6) is -0.421. The number of benzene rings is 2. The highest BCUT2D eigenvalue weighted by atomic mass is 32.2. The van der Waals surface area contributed by atoms with Crippen molar-refractivity contribution in [1.29, 1.82) is 0 Å². The number of carbonyl (C=O) groups excluding carboxylic acids is 3. The van der Waals surface area contributed by atoms with Crippen LogP contribution in [0, 0.1) is 13.8 Å². The van der Waals surface area contributed by atoms with Gasteiger partial charge in [0.15, 0.2) is 0 Å². The summed E-state index contributed by atoms with van der Waals surface area (Å²) in [7, 11) is 0. The zero-order valence-electron chi connectivity index (χ0n) is 14.7. The van der Waals surface area contributed by atoms with Gasteiger partial charge >= 0.3 is 0 Å². The number of amides is 3. The Kier molecular flexibility index (Phi) is 5.42. The molecule has 6 heteroatoms. The van der Waals surface area contributed by atoms with Crippen LogP contribution in [0.15, 0.2) is 42.5 Å². The molecule has 5 nitrogen and oxygen atoms in total. The molecule has 3 amide bonds. The Morgan fingerprint density at radius 3 is 2.42 bits per heavy atom. The van der Waals surface area contributed by atoms with Crippen molar-refractivity contribution in [2.45, 2.75) is 32.1 Å². The molecule has 0 aromatic heterocycles. The lowest BCUT2D eigenvalue weighted by atomic mass is 10.0. The van der Waals surface area contributed by atoms with Crippen LogP contribution in [-0.4, -0.2) is 22.3 Å². The quantitative estimate of drug-likeness (QED) is 0.850. The van der Waals surface area contributed by atoms with Gasteiger partial charge in [0.05, 0.1) is 5.25 Å². The first-order valence-corrected chi connectivity index (χ1v) is 9.25. The zero-order valence-corrected chi connectivity index (χ0v) is 15.5. The number of rotatable bonds is 5. The number of nitrogens with one attached hydrogen (secondary N) is 2. The third kappa shape index (κ3) is 4.32. The third-order valence-corrected chi connectivity index (χ3v) is 5.29. The van der Waals surface area contributed by atoms with Gasteiger partial charge in [0.2, 0.25) is 5.91 Å². The van der Waals surface area contributed by atoms with Crippen LogP contribution in [0.2, 0.25) is 0 Å². The van der Waals surface area contributed by atoms with Crippen LogP contribution >= 0.6 is 11.8 Å². The van der Waals surface area contributed by atoms with Gasteiger partial charge in [-0.05, 0) is 43.0 Å². The molecule has 0 bridgehead atoms. The number of hydrogen-bond acceptors (Lipinski definition) is 4. The molecule has 2 aromatic rings. The van der Waals surface area contributed by atoms with E-state index in [2.05, 4.69) is 10.6 Å². The van der Waals surface area contributed by atoms with E-state index >= 15 is 0 Å². The van der Waals surface area contributed by atoms with Gasteiger partial charge in [0.1, 0.15) is 0 Å². The van der Waals surface area contributed by atoms with Gasteiger partial charge in [-0.3, -0.25) is 19.7 Å². The third-order valence-electron chi connectivity index (χ3n) is 4.31. The second-order valence-electron chi connectivity index (χ2n) is 6.40. The van der Waals surface area contributed by atoms with E-state index in [1.165, 1.54) is 5.56 Å². The average Bonchev–Trinajstić information content (AvgIpc) is 2.93. The molecule has 0 spiro atoms. The number of aryl methyl sites for hydroxylation is 2. The minimum absolute atomic E-state index is 0.149. The molecular formula is C20H20N2O3S. The summed E-state index contributed by atoms with van der Waals surface area (Å²) in [6.07, 6.45) is 0.417. The van der Waals surface area contributed by atoms with Gasteiger partial charge in [-0.15, -0.1) is 0 Å². The summed E-state index contributed by atoms with van der Waals surface area (Å²) in [6.45, 7) is 4.36. The molecule has 26 heavy (non-hydrogen) atoms. The largest absolute Gasteiger partial charge is 0.348 e. The molecule has 1 atom stereocenters. The van der Waals surface area contributed by atoms with Crippen molar-refractivity contribution in [2.24, 2.45) is 0 Å². The number of imide groups is 1. The van der Waals surface area contributed by atoms with Crippen LogP contribution in [-0.2, 0) is 17.8 Å². The second kappa shape index (κ2) is 7.74. The Balaban J connectivity index is 1.68. The van der Waals surface area contributed by atoms with Gasteiger partial charge in [0.25, 0.3) is 11.1 Å². The van der Waals surface area contributed by atoms with Crippen LogP contribution in [0.5, 0.6) is 0 Å². The predicted molar refractivity (Wildman–Crippen MR) is 102 cm³/mol. The van der Waals surface area contributed by atoms with E-state index in [-0.39, 0.29) is 17.1 Å². The van der Waals surface area contributed by atoms with Crippen molar-refractivity contribution < 1.29 is 14.4 Å². The van der Waals surface area contributed by atoms with Crippen molar-refractivity contribution in [3.8, 4) is 0 Å². The van der Waals surface area contributed by atoms with Crippen LogP contribution in [0.4, 0.5) is 4.79 Å². The van der Waals surface area contributed by atoms with E-state index in [9.17, 15) is 14.4 Å². The fraction of sp³-hybridized carbons (Fsp3) is 0.250. The summed E-state index contributed by atoms with van der Waals surface area (Å²) in [6, 6.07) is 13.6. The highest BCUT2D eigenvalue weighted by Gasteiger charge is 2.31. The molecule has 2 aromatic carbocycles. The summed E-state index contributed by atoms with van der Waals surface area (Å²) in [4.78, 5) is 35.6. The Morgan fingerprint density at radius 2 is 1.77 bits per heavy atom. The molecular weight excluding hydrogens is 348 g/mol. The van der Waals surface area contributed by atoms with Gasteiger partial charge in [0, 0.05) is 12.1 Å². The second-order valence-corrected chi connectivity index (χ2v) is 7.58. The van der Waals surface area contributed by atoms with Crippen LogP contribution in [0.1, 0.15) is 32.6 Å². The van der Waals surface area contributed by atoms with E-state index in [0.29, 0.717) is 18.5 Å². The van der Waals surface area contributed by atoms with Crippen LogP contribution < -0.4 is 10.6 Å². The van der Waals surface area contributed by atoms with Crippen molar-refractivity contribution in [3.05, 3.63) is 70.3 Å². The smallest absolute Gasteiger partial charge is 0.286 e. The molecule has 2 N–H and O–H groups in total. The van der Waals surface area contributed by atoms with Crippen molar-refractivity contribution >= 4 is 28.8 Å². The number of carbonyl (C=O) groups is 3. The molecule has 1 saturated heterocycles. The van der Waals surface area contributed by atoms with Crippen LogP contribution in [0.3, 0.4) is 0 Å². The predicted octanol–water partition coefficient (Wildman–Crippen LogP) is 3.13. The molecule has 0 radical (unpaired) electrons. The van der Waals surface area contributed by atoms with E-state index in [1.807, 2.05) is 50.2 Å². The fourth-order valence-electron chi connectivity index (χ4n) is 2.77. The molecule has 0 aliphatic carbocycles. The van der Waals surface area contributed by atoms with Gasteiger partial charge in [-0.25, -0.2) is 0 Å². The summed E-state index contributed by atoms with van der Waals surface area (Å²) < 4.78 is 0. The maximum atomic E-state index is 12.6. The minimum Gasteiger partial charge on any atom is -0.348 e. The molecule has 1 heterocycles. The lowest BCUT2D eigenvalue weighted by molar-refractivity contribution is -0.118. The van der Waals surface area contributed by atoms with Crippen molar-refractivity contribution in [2.75, 3.05) is 0 Å². The Hall–Kier alpha value is -2.60. The summed E-state index contributed by atoms with van der Waals surface area (Å²) in [5, 5.41) is 4.47. The number of hydrogen-bond donors (Lipinski definition) is 2. The minimum atomic E-state index is -0.436. The Morgan fingerprint density at radius 1 is 1.08 bits per heavy atom. The monoisotopic (exact) mass is 368 g/mol. The standard InChI is InChI=1S/C20H20N2O3S/c1-12-3-6-14(7-4-12)11-21-18(23)16-9-15(8-5-13(16)2)10-17-19(24)22-20(25)26-17/h3-9,17H,10-11H2,1-2H3,(H,21,23)(H,22,24,25). The van der Waals surface area contributed by atoms with Crippen LogP contribution in [0.25, 0.3) is 0 Å². The summed E-state index contributed by atoms with van der Waals surface area (Å²) >= 11 is 0.995. The SMILES string of the molecule is Cc1ccc(CNC(=O)c2cc(CC3SC(=O)NC3=O)ccc2C)cc1. The topological polar surface area (TPSA) is 75.3 Å². The molecule has 1 aliphatic rings. The van der Waals surface area contributed by atoms with Gasteiger partial charge in [-0.1, -0.05) is 53.7 Å². The van der Waals surface area contributed by atoms with Gasteiger partial charge < -0.3 is 5.32 Å². The molecule has 0 saturated carbocycles. The van der Waals surface area contributed by atoms with E-state index in [4.69, 9.17) is 0 Å². The maximum Gasteiger partial charge on any atom is 0.286 e. The normalized spacial score (nSPS) is 16.5.